The molecule has 0 aliphatic heterocycles. The third-order valence-corrected chi connectivity index (χ3v) is 5.28. The summed E-state index contributed by atoms with van der Waals surface area (Å²) >= 11 is 1.44. The Balaban J connectivity index is 1.61. The molecule has 0 radical (unpaired) electrons. The number of pyridine rings is 1. The standard InChI is InChI=1S/C19H15N5O4S/c20-18(26)16(25)12(7-11-9-29-14-4-6-28-17(11)14)23-19(27)13-8-21-10-24(13)15-3-1-2-5-22-15/h1-6,8-10,12H,7H2,(H2,20,26)(H,23,27). The molecule has 0 saturated carbocycles. The van der Waals surface area contributed by atoms with E-state index in [9.17, 15) is 14.4 Å². The van der Waals surface area contributed by atoms with Gasteiger partial charge >= 0.3 is 0 Å². The summed E-state index contributed by atoms with van der Waals surface area (Å²) in [6, 6.07) is 5.89. The van der Waals surface area contributed by atoms with Crippen LogP contribution in [0.2, 0.25) is 0 Å². The van der Waals surface area contributed by atoms with Crippen LogP contribution in [0.3, 0.4) is 0 Å². The van der Waals surface area contributed by atoms with Gasteiger partial charge in [-0.1, -0.05) is 6.07 Å². The van der Waals surface area contributed by atoms with E-state index in [-0.39, 0.29) is 12.1 Å². The van der Waals surface area contributed by atoms with Crippen LogP contribution in [0.15, 0.2) is 59.0 Å². The van der Waals surface area contributed by atoms with Crippen LogP contribution in [0.5, 0.6) is 0 Å². The van der Waals surface area contributed by atoms with E-state index in [2.05, 4.69) is 15.3 Å². The van der Waals surface area contributed by atoms with Gasteiger partial charge in [0.1, 0.15) is 29.5 Å². The van der Waals surface area contributed by atoms with E-state index >= 15 is 0 Å². The zero-order valence-corrected chi connectivity index (χ0v) is 15.8. The van der Waals surface area contributed by atoms with Gasteiger partial charge in [0.25, 0.3) is 11.8 Å². The number of hydrogen-bond acceptors (Lipinski definition) is 7. The second-order valence-corrected chi connectivity index (χ2v) is 7.08. The van der Waals surface area contributed by atoms with Crippen LogP contribution in [-0.4, -0.2) is 38.2 Å². The smallest absolute Gasteiger partial charge is 0.287 e. The zero-order chi connectivity index (χ0) is 20.4. The van der Waals surface area contributed by atoms with Gasteiger partial charge < -0.3 is 15.5 Å². The normalized spacial score (nSPS) is 12.0. The fourth-order valence-electron chi connectivity index (χ4n) is 2.93. The van der Waals surface area contributed by atoms with Crippen LogP contribution in [0.25, 0.3) is 16.1 Å². The summed E-state index contributed by atoms with van der Waals surface area (Å²) in [6.07, 6.45) is 5.98. The Kier molecular flexibility index (Phi) is 4.92. The molecule has 0 spiro atoms. The van der Waals surface area contributed by atoms with Crippen molar-refractivity contribution < 1.29 is 18.8 Å². The van der Waals surface area contributed by atoms with Crippen molar-refractivity contribution in [3.8, 4) is 5.82 Å². The quantitative estimate of drug-likeness (QED) is 0.444. The van der Waals surface area contributed by atoms with Gasteiger partial charge in [-0.25, -0.2) is 9.97 Å². The second-order valence-electron chi connectivity index (χ2n) is 6.17. The Labute approximate surface area is 168 Å². The highest BCUT2D eigenvalue weighted by Crippen LogP contribution is 2.28. The maximum absolute atomic E-state index is 12.9. The van der Waals surface area contributed by atoms with E-state index in [0.717, 1.165) is 4.70 Å². The van der Waals surface area contributed by atoms with E-state index in [4.69, 9.17) is 10.2 Å². The molecular weight excluding hydrogens is 394 g/mol. The number of fused-ring (bicyclic) bond motifs is 1. The first kappa shape index (κ1) is 18.6. The van der Waals surface area contributed by atoms with Crippen LogP contribution in [0.4, 0.5) is 0 Å². The van der Waals surface area contributed by atoms with Gasteiger partial charge in [0.05, 0.1) is 17.2 Å². The molecule has 9 nitrogen and oxygen atoms in total. The minimum absolute atomic E-state index is 0.0682. The number of nitrogens with two attached hydrogens (primary N) is 1. The van der Waals surface area contributed by atoms with E-state index in [1.165, 1.54) is 28.4 Å². The molecule has 3 N–H and O–H groups in total. The summed E-state index contributed by atoms with van der Waals surface area (Å²) in [5.74, 6) is -2.12. The van der Waals surface area contributed by atoms with E-state index < -0.39 is 23.6 Å². The first-order valence-corrected chi connectivity index (χ1v) is 9.44. The van der Waals surface area contributed by atoms with Gasteiger partial charge in [-0.2, -0.15) is 0 Å². The lowest BCUT2D eigenvalue weighted by Gasteiger charge is -2.16. The predicted octanol–water partition coefficient (Wildman–Crippen LogP) is 1.47. The SMILES string of the molecule is NC(=O)C(=O)C(Cc1csc2ccoc12)NC(=O)c1cncn1-c1ccccn1. The van der Waals surface area contributed by atoms with Crippen molar-refractivity contribution in [3.63, 3.8) is 0 Å². The highest BCUT2D eigenvalue weighted by Gasteiger charge is 2.28. The van der Waals surface area contributed by atoms with Crippen molar-refractivity contribution in [1.29, 1.82) is 0 Å². The number of furan rings is 1. The highest BCUT2D eigenvalue weighted by molar-refractivity contribution is 7.17. The second kappa shape index (κ2) is 7.68. The number of hydrogen-bond donors (Lipinski definition) is 2. The van der Waals surface area contributed by atoms with Crippen LogP contribution >= 0.6 is 11.3 Å². The fraction of sp³-hybridized carbons (Fsp3) is 0.105. The molecule has 146 valence electrons. The number of amides is 2. The molecule has 29 heavy (non-hydrogen) atoms. The Morgan fingerprint density at radius 2 is 2.14 bits per heavy atom. The van der Waals surface area contributed by atoms with Crippen molar-refractivity contribution in [2.75, 3.05) is 0 Å². The Bertz CT molecular complexity index is 1190. The van der Waals surface area contributed by atoms with Crippen molar-refractivity contribution in [1.82, 2.24) is 19.9 Å². The maximum atomic E-state index is 12.9. The molecule has 4 aromatic heterocycles. The number of nitrogens with zero attached hydrogens (tertiary/aromatic N) is 3. The van der Waals surface area contributed by atoms with Crippen molar-refractivity contribution >= 4 is 39.2 Å². The Hall–Kier alpha value is -3.79. The van der Waals surface area contributed by atoms with E-state index in [1.807, 2.05) is 5.38 Å². The van der Waals surface area contributed by atoms with Crippen molar-refractivity contribution in [3.05, 3.63) is 65.9 Å². The lowest BCUT2D eigenvalue weighted by molar-refractivity contribution is -0.137. The molecule has 0 saturated heterocycles. The van der Waals surface area contributed by atoms with Crippen LogP contribution in [0, 0.1) is 0 Å². The first-order valence-electron chi connectivity index (χ1n) is 8.56. The summed E-state index contributed by atoms with van der Waals surface area (Å²) in [5, 5.41) is 4.41. The van der Waals surface area contributed by atoms with E-state index in [0.29, 0.717) is 17.0 Å². The molecule has 4 aromatic rings. The van der Waals surface area contributed by atoms with Gasteiger partial charge in [0.2, 0.25) is 5.78 Å². The number of ketones is 1. The summed E-state index contributed by atoms with van der Waals surface area (Å²) in [7, 11) is 0. The lowest BCUT2D eigenvalue weighted by Crippen LogP contribution is -2.47. The number of primary amides is 1. The zero-order valence-electron chi connectivity index (χ0n) is 14.9. The predicted molar refractivity (Wildman–Crippen MR) is 105 cm³/mol. The molecule has 2 amide bonds. The summed E-state index contributed by atoms with van der Waals surface area (Å²) in [4.78, 5) is 44.9. The minimum atomic E-state index is -1.14. The molecule has 4 rings (SSSR count). The van der Waals surface area contributed by atoms with Gasteiger partial charge in [0, 0.05) is 18.2 Å². The topological polar surface area (TPSA) is 133 Å². The Morgan fingerprint density at radius 3 is 2.90 bits per heavy atom. The molecule has 0 aliphatic rings. The van der Waals surface area contributed by atoms with E-state index in [1.54, 1.807) is 36.7 Å². The van der Waals surface area contributed by atoms with Gasteiger partial charge in [-0.05, 0) is 23.6 Å². The monoisotopic (exact) mass is 409 g/mol. The van der Waals surface area contributed by atoms with Gasteiger partial charge in [-0.3, -0.25) is 19.0 Å². The molecule has 0 fully saturated rings. The lowest BCUT2D eigenvalue weighted by atomic mass is 10.0. The molecule has 1 unspecified atom stereocenters. The molecule has 0 aromatic carbocycles. The first-order chi connectivity index (χ1) is 14.0. The molecule has 1 atom stereocenters. The Morgan fingerprint density at radius 1 is 1.28 bits per heavy atom. The van der Waals surface area contributed by atoms with Crippen LogP contribution < -0.4 is 11.1 Å². The summed E-state index contributed by atoms with van der Waals surface area (Å²) < 4.78 is 7.82. The molecular formula is C19H15N5O4S. The van der Waals surface area contributed by atoms with Crippen LogP contribution in [0.1, 0.15) is 16.1 Å². The number of carbonyl (C=O) groups is 3. The number of imidazole rings is 1. The number of carbonyl (C=O) groups excluding carboxylic acids is 3. The number of rotatable bonds is 7. The maximum Gasteiger partial charge on any atom is 0.287 e. The van der Waals surface area contributed by atoms with Crippen molar-refractivity contribution in [2.45, 2.75) is 12.5 Å². The molecule has 0 aliphatic carbocycles. The number of Topliss-reactive ketones (excluding diaryl/α,β-unsaturated/α-hetero) is 1. The minimum Gasteiger partial charge on any atom is -0.463 e. The molecule has 10 heteroatoms. The van der Waals surface area contributed by atoms with Crippen molar-refractivity contribution in [2.24, 2.45) is 5.73 Å². The van der Waals surface area contributed by atoms with Crippen LogP contribution in [-0.2, 0) is 16.0 Å². The average Bonchev–Trinajstić information content (AvgIpc) is 3.45. The highest BCUT2D eigenvalue weighted by atomic mass is 32.1. The third-order valence-electron chi connectivity index (χ3n) is 4.30. The van der Waals surface area contributed by atoms with Gasteiger partial charge in [0.15, 0.2) is 0 Å². The molecule has 4 heterocycles. The number of aromatic nitrogens is 3. The summed E-state index contributed by atoms with van der Waals surface area (Å²) in [5.41, 5.74) is 6.67. The largest absolute Gasteiger partial charge is 0.463 e. The summed E-state index contributed by atoms with van der Waals surface area (Å²) in [6.45, 7) is 0. The van der Waals surface area contributed by atoms with Gasteiger partial charge in [-0.15, -0.1) is 11.3 Å². The average molecular weight is 409 g/mol. The molecule has 0 bridgehead atoms. The number of thiophene rings is 1. The number of nitrogens with one attached hydrogen (secondary N) is 1. The third kappa shape index (κ3) is 3.65. The fourth-order valence-corrected chi connectivity index (χ4v) is 3.82.